The molecule has 1 N–H and O–H groups in total. The van der Waals surface area contributed by atoms with Crippen molar-refractivity contribution >= 4 is 23.3 Å². The number of ether oxygens (including phenoxy) is 3. The van der Waals surface area contributed by atoms with E-state index in [0.717, 1.165) is 0 Å². The van der Waals surface area contributed by atoms with Crippen LogP contribution in [0.5, 0.6) is 11.5 Å². The standard InChI is InChI=1S/C18H18N2O7/c1-11-6-4-8-13(20(23)24)16(11)19-15(21)10-27-18(22)12-7-5-9-14(25-2)17(12)26-3/h4-9H,10H2,1-3H3,(H,19,21). The Morgan fingerprint density at radius 1 is 1.11 bits per heavy atom. The van der Waals surface area contributed by atoms with Crippen molar-refractivity contribution in [2.45, 2.75) is 6.92 Å². The summed E-state index contributed by atoms with van der Waals surface area (Å²) in [6, 6.07) is 9.06. The first-order valence-corrected chi connectivity index (χ1v) is 7.81. The Kier molecular flexibility index (Phi) is 6.32. The normalized spacial score (nSPS) is 10.0. The Hall–Kier alpha value is -3.62. The third-order valence-electron chi connectivity index (χ3n) is 3.67. The average molecular weight is 374 g/mol. The molecule has 0 aromatic heterocycles. The van der Waals surface area contributed by atoms with Crippen LogP contribution in [-0.4, -0.2) is 37.6 Å². The van der Waals surface area contributed by atoms with Crippen molar-refractivity contribution < 1.29 is 28.7 Å². The number of rotatable bonds is 7. The van der Waals surface area contributed by atoms with Crippen LogP contribution in [0, 0.1) is 17.0 Å². The first-order valence-electron chi connectivity index (χ1n) is 7.81. The van der Waals surface area contributed by atoms with E-state index in [1.54, 1.807) is 25.1 Å². The molecule has 0 saturated heterocycles. The maximum absolute atomic E-state index is 12.2. The van der Waals surface area contributed by atoms with Gasteiger partial charge in [0.25, 0.3) is 11.6 Å². The molecule has 0 spiro atoms. The van der Waals surface area contributed by atoms with E-state index in [2.05, 4.69) is 5.32 Å². The summed E-state index contributed by atoms with van der Waals surface area (Å²) in [5.74, 6) is -0.977. The van der Waals surface area contributed by atoms with Crippen LogP contribution in [0.1, 0.15) is 15.9 Å². The number of nitrogens with zero attached hydrogens (tertiary/aromatic N) is 1. The van der Waals surface area contributed by atoms with Gasteiger partial charge in [-0.25, -0.2) is 4.79 Å². The number of amides is 1. The highest BCUT2D eigenvalue weighted by molar-refractivity contribution is 5.98. The fraction of sp³-hybridized carbons (Fsp3) is 0.222. The Morgan fingerprint density at radius 2 is 1.81 bits per heavy atom. The predicted molar refractivity (Wildman–Crippen MR) is 96.3 cm³/mol. The molecule has 0 heterocycles. The summed E-state index contributed by atoms with van der Waals surface area (Å²) < 4.78 is 15.2. The lowest BCUT2D eigenvalue weighted by Crippen LogP contribution is -2.22. The third kappa shape index (κ3) is 4.51. The number of methoxy groups -OCH3 is 2. The third-order valence-corrected chi connectivity index (χ3v) is 3.67. The Morgan fingerprint density at radius 3 is 2.44 bits per heavy atom. The van der Waals surface area contributed by atoms with Crippen molar-refractivity contribution in [1.82, 2.24) is 0 Å². The van der Waals surface area contributed by atoms with Gasteiger partial charge in [-0.1, -0.05) is 18.2 Å². The first kappa shape index (κ1) is 19.7. The summed E-state index contributed by atoms with van der Waals surface area (Å²) in [6.07, 6.45) is 0. The van der Waals surface area contributed by atoms with Gasteiger partial charge < -0.3 is 19.5 Å². The van der Waals surface area contributed by atoms with E-state index >= 15 is 0 Å². The molecule has 0 aliphatic rings. The van der Waals surface area contributed by atoms with Crippen LogP contribution in [-0.2, 0) is 9.53 Å². The van der Waals surface area contributed by atoms with Gasteiger partial charge in [0.2, 0.25) is 0 Å². The highest BCUT2D eigenvalue weighted by Crippen LogP contribution is 2.31. The second-order valence-corrected chi connectivity index (χ2v) is 5.39. The number of esters is 1. The average Bonchev–Trinajstić information content (AvgIpc) is 2.66. The minimum absolute atomic E-state index is 0.0579. The maximum atomic E-state index is 12.2. The highest BCUT2D eigenvalue weighted by Gasteiger charge is 2.21. The minimum Gasteiger partial charge on any atom is -0.493 e. The quantitative estimate of drug-likeness (QED) is 0.450. The maximum Gasteiger partial charge on any atom is 0.342 e. The molecule has 0 fully saturated rings. The molecule has 0 aliphatic heterocycles. The van der Waals surface area contributed by atoms with Gasteiger partial charge in [0.05, 0.1) is 19.1 Å². The molecule has 0 aliphatic carbocycles. The molecule has 2 aromatic carbocycles. The molecule has 0 atom stereocenters. The number of hydrogen-bond donors (Lipinski definition) is 1. The fourth-order valence-corrected chi connectivity index (χ4v) is 2.40. The Balaban J connectivity index is 2.09. The van der Waals surface area contributed by atoms with E-state index in [4.69, 9.17) is 14.2 Å². The van der Waals surface area contributed by atoms with Crippen LogP contribution < -0.4 is 14.8 Å². The molecular formula is C18H18N2O7. The van der Waals surface area contributed by atoms with Crippen LogP contribution in [0.15, 0.2) is 36.4 Å². The van der Waals surface area contributed by atoms with Crippen molar-refractivity contribution in [2.24, 2.45) is 0 Å². The SMILES string of the molecule is COc1cccc(C(=O)OCC(=O)Nc2c(C)cccc2[N+](=O)[O-])c1OC. The highest BCUT2D eigenvalue weighted by atomic mass is 16.6. The Bertz CT molecular complexity index is 880. The molecule has 27 heavy (non-hydrogen) atoms. The number of carbonyl (C=O) groups excluding carboxylic acids is 2. The van der Waals surface area contributed by atoms with Gasteiger partial charge in [-0.2, -0.15) is 0 Å². The van der Waals surface area contributed by atoms with Gasteiger partial charge in [-0.05, 0) is 24.6 Å². The van der Waals surface area contributed by atoms with Crippen molar-refractivity contribution in [3.63, 3.8) is 0 Å². The van der Waals surface area contributed by atoms with Crippen molar-refractivity contribution in [1.29, 1.82) is 0 Å². The van der Waals surface area contributed by atoms with Crippen LogP contribution in [0.3, 0.4) is 0 Å². The number of aryl methyl sites for hydroxylation is 1. The number of benzene rings is 2. The van der Waals surface area contributed by atoms with Crippen molar-refractivity contribution in [3.8, 4) is 11.5 Å². The van der Waals surface area contributed by atoms with E-state index < -0.39 is 23.4 Å². The summed E-state index contributed by atoms with van der Waals surface area (Å²) in [7, 11) is 2.80. The molecule has 1 amide bonds. The van der Waals surface area contributed by atoms with Gasteiger partial charge in [0.1, 0.15) is 11.3 Å². The zero-order valence-electron chi connectivity index (χ0n) is 15.0. The molecular weight excluding hydrogens is 356 g/mol. The lowest BCUT2D eigenvalue weighted by atomic mass is 10.1. The monoisotopic (exact) mass is 374 g/mol. The van der Waals surface area contributed by atoms with E-state index in [1.165, 1.54) is 32.4 Å². The van der Waals surface area contributed by atoms with E-state index in [9.17, 15) is 19.7 Å². The summed E-state index contributed by atoms with van der Waals surface area (Å²) >= 11 is 0. The topological polar surface area (TPSA) is 117 Å². The predicted octanol–water partition coefficient (Wildman–Crippen LogP) is 2.72. The Labute approximate surface area is 155 Å². The smallest absolute Gasteiger partial charge is 0.342 e. The second-order valence-electron chi connectivity index (χ2n) is 5.39. The summed E-state index contributed by atoms with van der Waals surface area (Å²) in [6.45, 7) is 1.00. The molecule has 0 bridgehead atoms. The summed E-state index contributed by atoms with van der Waals surface area (Å²) in [5.41, 5.74) is 0.413. The number of nitro groups is 1. The molecule has 142 valence electrons. The van der Waals surface area contributed by atoms with Crippen LogP contribution >= 0.6 is 0 Å². The van der Waals surface area contributed by atoms with E-state index in [0.29, 0.717) is 11.3 Å². The lowest BCUT2D eigenvalue weighted by molar-refractivity contribution is -0.384. The van der Waals surface area contributed by atoms with E-state index in [-0.39, 0.29) is 22.7 Å². The molecule has 0 unspecified atom stereocenters. The molecule has 0 radical (unpaired) electrons. The summed E-state index contributed by atoms with van der Waals surface area (Å²) in [4.78, 5) is 34.8. The van der Waals surface area contributed by atoms with Gasteiger partial charge in [0.15, 0.2) is 18.1 Å². The summed E-state index contributed by atoms with van der Waals surface area (Å²) in [5, 5.41) is 13.5. The zero-order valence-corrected chi connectivity index (χ0v) is 15.0. The number of nitro benzene ring substituents is 1. The number of nitrogens with one attached hydrogen (secondary N) is 1. The molecule has 9 heteroatoms. The largest absolute Gasteiger partial charge is 0.493 e. The van der Waals surface area contributed by atoms with Gasteiger partial charge in [-0.15, -0.1) is 0 Å². The number of carbonyl (C=O) groups is 2. The van der Waals surface area contributed by atoms with Gasteiger partial charge in [0, 0.05) is 6.07 Å². The zero-order chi connectivity index (χ0) is 20.0. The fourth-order valence-electron chi connectivity index (χ4n) is 2.40. The number of para-hydroxylation sites is 2. The number of anilines is 1. The molecule has 2 rings (SSSR count). The van der Waals surface area contributed by atoms with Gasteiger partial charge >= 0.3 is 5.97 Å². The van der Waals surface area contributed by atoms with Gasteiger partial charge in [-0.3, -0.25) is 14.9 Å². The lowest BCUT2D eigenvalue weighted by Gasteiger charge is -2.12. The van der Waals surface area contributed by atoms with E-state index in [1.807, 2.05) is 0 Å². The molecule has 0 saturated carbocycles. The second kappa shape index (κ2) is 8.65. The molecule has 9 nitrogen and oxygen atoms in total. The molecule has 2 aromatic rings. The van der Waals surface area contributed by atoms with Crippen LogP contribution in [0.2, 0.25) is 0 Å². The van der Waals surface area contributed by atoms with Crippen molar-refractivity contribution in [3.05, 3.63) is 57.6 Å². The minimum atomic E-state index is -0.791. The first-order chi connectivity index (χ1) is 12.9. The van der Waals surface area contributed by atoms with Crippen molar-refractivity contribution in [2.75, 3.05) is 26.1 Å². The number of hydrogen-bond acceptors (Lipinski definition) is 7. The van der Waals surface area contributed by atoms with Crippen LogP contribution in [0.4, 0.5) is 11.4 Å². The van der Waals surface area contributed by atoms with Crippen LogP contribution in [0.25, 0.3) is 0 Å².